The van der Waals surface area contributed by atoms with E-state index >= 15 is 0 Å². The van der Waals surface area contributed by atoms with Crippen molar-refractivity contribution in [2.45, 2.75) is 26.4 Å². The van der Waals surface area contributed by atoms with Gasteiger partial charge < -0.3 is 14.5 Å². The second-order valence-corrected chi connectivity index (χ2v) is 5.92. The standard InChI is InChI=1S/C20H19NO4/c1-13-8-9-17-15(12-24-18(17)10-13)11-19(22)25-14(2)20(23)21-16-6-4-3-5-7-16/h3-10,12,14H,11H2,1-2H3,(H,21,23)/t14-/m1/s1. The lowest BCUT2D eigenvalue weighted by molar-refractivity contribution is -0.152. The lowest BCUT2D eigenvalue weighted by Gasteiger charge is -2.13. The van der Waals surface area contributed by atoms with Crippen LogP contribution in [0.25, 0.3) is 11.0 Å². The van der Waals surface area contributed by atoms with Crippen molar-refractivity contribution in [3.8, 4) is 0 Å². The van der Waals surface area contributed by atoms with Gasteiger partial charge in [0, 0.05) is 16.6 Å². The summed E-state index contributed by atoms with van der Waals surface area (Å²) in [4.78, 5) is 24.2. The normalized spacial score (nSPS) is 11.9. The third kappa shape index (κ3) is 4.07. The molecule has 1 aromatic heterocycles. The molecule has 1 N–H and O–H groups in total. The summed E-state index contributed by atoms with van der Waals surface area (Å²) >= 11 is 0. The van der Waals surface area contributed by atoms with Crippen LogP contribution in [0.1, 0.15) is 18.1 Å². The number of nitrogens with one attached hydrogen (secondary N) is 1. The van der Waals surface area contributed by atoms with Gasteiger partial charge in [0.05, 0.1) is 12.7 Å². The van der Waals surface area contributed by atoms with Crippen LogP contribution in [0.3, 0.4) is 0 Å². The Bertz CT molecular complexity index is 898. The zero-order valence-electron chi connectivity index (χ0n) is 14.1. The average Bonchev–Trinajstić information content (AvgIpc) is 2.97. The van der Waals surface area contributed by atoms with Gasteiger partial charge in [0.15, 0.2) is 6.10 Å². The number of hydrogen-bond donors (Lipinski definition) is 1. The lowest BCUT2D eigenvalue weighted by Crippen LogP contribution is -2.30. The minimum atomic E-state index is -0.881. The molecule has 2 aromatic carbocycles. The first kappa shape index (κ1) is 16.8. The fraction of sp³-hybridized carbons (Fsp3) is 0.200. The van der Waals surface area contributed by atoms with E-state index in [1.165, 1.54) is 0 Å². The lowest BCUT2D eigenvalue weighted by atomic mass is 10.1. The molecule has 5 heteroatoms. The fourth-order valence-corrected chi connectivity index (χ4v) is 2.54. The maximum absolute atomic E-state index is 12.1. The Morgan fingerprint density at radius 2 is 1.92 bits per heavy atom. The smallest absolute Gasteiger partial charge is 0.311 e. The first-order valence-corrected chi connectivity index (χ1v) is 8.05. The fourth-order valence-electron chi connectivity index (χ4n) is 2.54. The number of anilines is 1. The third-order valence-corrected chi connectivity index (χ3v) is 3.86. The molecule has 3 aromatic rings. The molecule has 0 fully saturated rings. The first-order chi connectivity index (χ1) is 12.0. The van der Waals surface area contributed by atoms with Gasteiger partial charge in [-0.2, -0.15) is 0 Å². The van der Waals surface area contributed by atoms with Crippen LogP contribution in [0.4, 0.5) is 5.69 Å². The molecule has 0 unspecified atom stereocenters. The van der Waals surface area contributed by atoms with Crippen molar-refractivity contribution in [2.75, 3.05) is 5.32 Å². The van der Waals surface area contributed by atoms with Crippen LogP contribution in [0.2, 0.25) is 0 Å². The summed E-state index contributed by atoms with van der Waals surface area (Å²) < 4.78 is 10.7. The Balaban J connectivity index is 1.60. The van der Waals surface area contributed by atoms with Crippen LogP contribution in [-0.4, -0.2) is 18.0 Å². The van der Waals surface area contributed by atoms with Gasteiger partial charge in [-0.3, -0.25) is 9.59 Å². The van der Waals surface area contributed by atoms with E-state index in [0.717, 1.165) is 22.1 Å². The maximum Gasteiger partial charge on any atom is 0.311 e. The summed E-state index contributed by atoms with van der Waals surface area (Å²) in [6.07, 6.45) is 0.729. The van der Waals surface area contributed by atoms with Crippen molar-refractivity contribution in [3.05, 3.63) is 65.9 Å². The van der Waals surface area contributed by atoms with E-state index in [1.54, 1.807) is 25.3 Å². The Labute approximate surface area is 145 Å². The zero-order chi connectivity index (χ0) is 17.8. The Kier molecular flexibility index (Phi) is 4.84. The Morgan fingerprint density at radius 1 is 1.16 bits per heavy atom. The summed E-state index contributed by atoms with van der Waals surface area (Å²) in [7, 11) is 0. The number of rotatable bonds is 5. The number of aryl methyl sites for hydroxylation is 1. The number of amides is 1. The monoisotopic (exact) mass is 337 g/mol. The molecular weight excluding hydrogens is 318 g/mol. The number of carbonyl (C=O) groups is 2. The molecule has 0 bridgehead atoms. The zero-order valence-corrected chi connectivity index (χ0v) is 14.1. The van der Waals surface area contributed by atoms with Crippen molar-refractivity contribution in [1.29, 1.82) is 0 Å². The Morgan fingerprint density at radius 3 is 2.68 bits per heavy atom. The summed E-state index contributed by atoms with van der Waals surface area (Å²) in [5, 5.41) is 3.59. The largest absolute Gasteiger partial charge is 0.464 e. The van der Waals surface area contributed by atoms with Gasteiger partial charge in [0.2, 0.25) is 0 Å². The van der Waals surface area contributed by atoms with Crippen LogP contribution in [0.15, 0.2) is 59.2 Å². The van der Waals surface area contributed by atoms with Crippen molar-refractivity contribution in [2.24, 2.45) is 0 Å². The molecule has 25 heavy (non-hydrogen) atoms. The number of para-hydroxylation sites is 1. The number of ether oxygens (including phenoxy) is 1. The molecular formula is C20H19NO4. The van der Waals surface area contributed by atoms with Crippen LogP contribution in [-0.2, 0) is 20.7 Å². The van der Waals surface area contributed by atoms with Crippen molar-refractivity contribution in [3.63, 3.8) is 0 Å². The highest BCUT2D eigenvalue weighted by molar-refractivity contribution is 5.95. The second-order valence-electron chi connectivity index (χ2n) is 5.92. The number of furan rings is 1. The predicted octanol–water partition coefficient (Wildman–Crippen LogP) is 3.85. The molecule has 0 aliphatic heterocycles. The summed E-state index contributed by atoms with van der Waals surface area (Å²) in [6.45, 7) is 3.52. The molecule has 1 atom stereocenters. The van der Waals surface area contributed by atoms with E-state index in [2.05, 4.69) is 5.32 Å². The van der Waals surface area contributed by atoms with E-state index in [1.807, 2.05) is 43.3 Å². The highest BCUT2D eigenvalue weighted by atomic mass is 16.5. The number of fused-ring (bicyclic) bond motifs is 1. The van der Waals surface area contributed by atoms with E-state index in [-0.39, 0.29) is 12.3 Å². The van der Waals surface area contributed by atoms with Crippen LogP contribution in [0, 0.1) is 6.92 Å². The van der Waals surface area contributed by atoms with Gasteiger partial charge >= 0.3 is 5.97 Å². The van der Waals surface area contributed by atoms with E-state index in [4.69, 9.17) is 9.15 Å². The van der Waals surface area contributed by atoms with Gasteiger partial charge in [-0.05, 0) is 37.6 Å². The summed E-state index contributed by atoms with van der Waals surface area (Å²) in [5.41, 5.74) is 3.22. The molecule has 0 aliphatic carbocycles. The van der Waals surface area contributed by atoms with Gasteiger partial charge in [-0.1, -0.05) is 30.3 Å². The Hall–Kier alpha value is -3.08. The average molecular weight is 337 g/mol. The third-order valence-electron chi connectivity index (χ3n) is 3.86. The van der Waals surface area contributed by atoms with Gasteiger partial charge in [0.25, 0.3) is 5.91 Å². The highest BCUT2D eigenvalue weighted by Gasteiger charge is 2.19. The molecule has 0 aliphatic rings. The quantitative estimate of drug-likeness (QED) is 0.718. The number of hydrogen-bond acceptors (Lipinski definition) is 4. The number of benzene rings is 2. The minimum Gasteiger partial charge on any atom is -0.464 e. The van der Waals surface area contributed by atoms with Crippen LogP contribution in [0.5, 0.6) is 0 Å². The minimum absolute atomic E-state index is 0.0546. The SMILES string of the molecule is Cc1ccc2c(CC(=O)O[C@H](C)C(=O)Nc3ccccc3)coc2c1. The molecule has 128 valence electrons. The molecule has 1 amide bonds. The van der Waals surface area contributed by atoms with E-state index in [9.17, 15) is 9.59 Å². The second kappa shape index (κ2) is 7.21. The van der Waals surface area contributed by atoms with Gasteiger partial charge in [0.1, 0.15) is 5.58 Å². The maximum atomic E-state index is 12.1. The van der Waals surface area contributed by atoms with Gasteiger partial charge in [-0.15, -0.1) is 0 Å². The molecule has 0 spiro atoms. The molecule has 3 rings (SSSR count). The number of carbonyl (C=O) groups excluding carboxylic acids is 2. The molecule has 0 radical (unpaired) electrons. The first-order valence-electron chi connectivity index (χ1n) is 8.05. The molecule has 5 nitrogen and oxygen atoms in total. The van der Waals surface area contributed by atoms with Crippen molar-refractivity contribution < 1.29 is 18.7 Å². The molecule has 1 heterocycles. The molecule has 0 saturated heterocycles. The summed E-state index contributed by atoms with van der Waals surface area (Å²) in [6, 6.07) is 14.8. The topological polar surface area (TPSA) is 68.5 Å². The summed E-state index contributed by atoms with van der Waals surface area (Å²) in [5.74, 6) is -0.841. The van der Waals surface area contributed by atoms with Crippen LogP contribution < -0.4 is 5.32 Å². The van der Waals surface area contributed by atoms with Crippen molar-refractivity contribution >= 4 is 28.5 Å². The highest BCUT2D eigenvalue weighted by Crippen LogP contribution is 2.23. The van der Waals surface area contributed by atoms with Crippen LogP contribution >= 0.6 is 0 Å². The molecule has 0 saturated carbocycles. The predicted molar refractivity (Wildman–Crippen MR) is 95.3 cm³/mol. The van der Waals surface area contributed by atoms with Crippen molar-refractivity contribution in [1.82, 2.24) is 0 Å². The number of esters is 1. The van der Waals surface area contributed by atoms with E-state index < -0.39 is 12.1 Å². The van der Waals surface area contributed by atoms with E-state index in [0.29, 0.717) is 5.69 Å². The van der Waals surface area contributed by atoms with Gasteiger partial charge in [-0.25, -0.2) is 0 Å².